The first kappa shape index (κ1) is 16.4. The Morgan fingerprint density at radius 2 is 2.18 bits per heavy atom. The Hall–Kier alpha value is -0.580. The number of amides is 1. The summed E-state index contributed by atoms with van der Waals surface area (Å²) in [4.78, 5) is 21.5. The van der Waals surface area contributed by atoms with E-state index >= 15 is 0 Å². The molecule has 2 unspecified atom stereocenters. The van der Waals surface area contributed by atoms with Gasteiger partial charge in [-0.1, -0.05) is 0 Å². The maximum absolute atomic E-state index is 11.4. The summed E-state index contributed by atoms with van der Waals surface area (Å²) in [5, 5.41) is 11.1. The second-order valence-electron chi connectivity index (χ2n) is 3.41. The Kier molecular flexibility index (Phi) is 9.13. The van der Waals surface area contributed by atoms with Gasteiger partial charge in [-0.3, -0.25) is 4.79 Å². The third kappa shape index (κ3) is 9.15. The predicted molar refractivity (Wildman–Crippen MR) is 65.3 cm³/mol. The second kappa shape index (κ2) is 9.45. The van der Waals surface area contributed by atoms with Crippen LogP contribution in [-0.4, -0.2) is 48.0 Å². The lowest BCUT2D eigenvalue weighted by Crippen LogP contribution is -2.39. The van der Waals surface area contributed by atoms with Gasteiger partial charge < -0.3 is 19.7 Å². The molecule has 0 aliphatic carbocycles. The zero-order valence-corrected chi connectivity index (χ0v) is 11.3. The zero-order chi connectivity index (χ0) is 13.3. The van der Waals surface area contributed by atoms with Gasteiger partial charge >= 0.3 is 5.97 Å². The van der Waals surface area contributed by atoms with Gasteiger partial charge in [-0.05, 0) is 6.42 Å². The number of hydrogen-bond acceptors (Lipinski definition) is 4. The highest BCUT2D eigenvalue weighted by Gasteiger charge is 2.18. The quantitative estimate of drug-likeness (QED) is 0.370. The maximum atomic E-state index is 11.4. The minimum atomic E-state index is -1.97. The molecule has 0 aliphatic rings. The molecular formula is C9H17ClNO5P. The van der Waals surface area contributed by atoms with Gasteiger partial charge in [0.2, 0.25) is 5.91 Å². The van der Waals surface area contributed by atoms with E-state index in [9.17, 15) is 14.2 Å². The highest BCUT2D eigenvalue weighted by molar-refractivity contribution is 7.44. The van der Waals surface area contributed by atoms with Gasteiger partial charge in [0.1, 0.15) is 13.8 Å². The SMILES string of the molecule is CC(=O)NC(CC[PH](=O)COCCCl)C(=O)O. The van der Waals surface area contributed by atoms with Gasteiger partial charge in [-0.15, -0.1) is 11.6 Å². The number of ether oxygens (including phenoxy) is 1. The zero-order valence-electron chi connectivity index (χ0n) is 9.57. The van der Waals surface area contributed by atoms with Crippen LogP contribution in [-0.2, 0) is 18.9 Å². The molecule has 100 valence electrons. The molecule has 0 fully saturated rings. The molecule has 0 heterocycles. The Morgan fingerprint density at radius 3 is 2.65 bits per heavy atom. The van der Waals surface area contributed by atoms with Gasteiger partial charge in [0.15, 0.2) is 0 Å². The number of halogens is 1. The summed E-state index contributed by atoms with van der Waals surface area (Å²) in [5.74, 6) is -1.22. The number of carboxylic acids is 1. The standard InChI is InChI=1S/C9H17ClNO5P/c1-7(12)11-8(9(13)14)2-5-17(15)6-16-4-3-10/h8,17H,2-6H2,1H3,(H,11,12)(H,13,14). The minimum Gasteiger partial charge on any atom is -0.480 e. The van der Waals surface area contributed by atoms with Crippen LogP contribution in [0.5, 0.6) is 0 Å². The molecule has 0 saturated heterocycles. The molecule has 0 rings (SSSR count). The topological polar surface area (TPSA) is 92.7 Å². The molecular weight excluding hydrogens is 269 g/mol. The van der Waals surface area contributed by atoms with E-state index in [1.54, 1.807) is 0 Å². The average molecular weight is 286 g/mol. The van der Waals surface area contributed by atoms with Crippen molar-refractivity contribution in [3.05, 3.63) is 0 Å². The summed E-state index contributed by atoms with van der Waals surface area (Å²) >= 11 is 5.37. The Bertz CT molecular complexity index is 287. The number of rotatable bonds is 9. The van der Waals surface area contributed by atoms with E-state index in [1.807, 2.05) is 0 Å². The number of carbonyl (C=O) groups excluding carboxylic acids is 1. The van der Waals surface area contributed by atoms with Crippen LogP contribution in [0.2, 0.25) is 0 Å². The Morgan fingerprint density at radius 1 is 1.53 bits per heavy atom. The molecule has 1 amide bonds. The molecule has 2 atom stereocenters. The summed E-state index contributed by atoms with van der Waals surface area (Å²) in [6.45, 7) is 1.56. The van der Waals surface area contributed by atoms with Gasteiger partial charge in [-0.25, -0.2) is 4.79 Å². The minimum absolute atomic E-state index is 0.101. The molecule has 0 saturated carbocycles. The Labute approximate surface area is 105 Å². The molecule has 17 heavy (non-hydrogen) atoms. The van der Waals surface area contributed by atoms with Crippen LogP contribution in [0.1, 0.15) is 13.3 Å². The lowest BCUT2D eigenvalue weighted by molar-refractivity contribution is -0.141. The molecule has 0 aliphatic heterocycles. The van der Waals surface area contributed by atoms with Crippen molar-refractivity contribution in [3.8, 4) is 0 Å². The summed E-state index contributed by atoms with van der Waals surface area (Å²) in [5.41, 5.74) is 0. The molecule has 8 heteroatoms. The van der Waals surface area contributed by atoms with Crippen LogP contribution in [0, 0.1) is 0 Å². The second-order valence-corrected chi connectivity index (χ2v) is 5.65. The predicted octanol–water partition coefficient (Wildman–Crippen LogP) is 0.738. The normalized spacial score (nSPS) is 14.0. The summed E-state index contributed by atoms with van der Waals surface area (Å²) in [6, 6.07) is -0.991. The largest absolute Gasteiger partial charge is 0.480 e. The molecule has 0 radical (unpaired) electrons. The van der Waals surface area contributed by atoms with Crippen molar-refractivity contribution < 1.29 is 24.0 Å². The first-order chi connectivity index (χ1) is 7.97. The monoisotopic (exact) mass is 285 g/mol. The number of hydrogen-bond donors (Lipinski definition) is 2. The third-order valence-electron chi connectivity index (χ3n) is 1.87. The number of nitrogens with one attached hydrogen (secondary N) is 1. The molecule has 0 spiro atoms. The molecule has 0 aromatic heterocycles. The van der Waals surface area contributed by atoms with Crippen molar-refractivity contribution >= 4 is 31.3 Å². The molecule has 6 nitrogen and oxygen atoms in total. The fourth-order valence-electron chi connectivity index (χ4n) is 1.12. The smallest absolute Gasteiger partial charge is 0.326 e. The highest BCUT2D eigenvalue weighted by atomic mass is 35.5. The summed E-state index contributed by atoms with van der Waals surface area (Å²) < 4.78 is 16.4. The van der Waals surface area contributed by atoms with Crippen molar-refractivity contribution in [1.82, 2.24) is 5.32 Å². The fourth-order valence-corrected chi connectivity index (χ4v) is 2.36. The number of alkyl halides is 1. The van der Waals surface area contributed by atoms with Crippen molar-refractivity contribution in [1.29, 1.82) is 0 Å². The highest BCUT2D eigenvalue weighted by Crippen LogP contribution is 2.22. The van der Waals surface area contributed by atoms with E-state index in [0.717, 1.165) is 0 Å². The first-order valence-corrected chi connectivity index (χ1v) is 7.48. The molecule has 0 aromatic carbocycles. The van der Waals surface area contributed by atoms with Gasteiger partial charge in [-0.2, -0.15) is 0 Å². The fraction of sp³-hybridized carbons (Fsp3) is 0.778. The van der Waals surface area contributed by atoms with Crippen molar-refractivity contribution in [3.63, 3.8) is 0 Å². The third-order valence-corrected chi connectivity index (χ3v) is 3.40. The van der Waals surface area contributed by atoms with Crippen molar-refractivity contribution in [2.45, 2.75) is 19.4 Å². The lowest BCUT2D eigenvalue weighted by atomic mass is 10.2. The number of carbonyl (C=O) groups is 2. The Balaban J connectivity index is 3.91. The summed E-state index contributed by atoms with van der Waals surface area (Å²) in [7, 11) is -1.97. The molecule has 0 aromatic rings. The average Bonchev–Trinajstić information content (AvgIpc) is 2.23. The van der Waals surface area contributed by atoms with Crippen LogP contribution >= 0.6 is 19.4 Å². The number of aliphatic carboxylic acids is 1. The molecule has 0 bridgehead atoms. The van der Waals surface area contributed by atoms with E-state index in [1.165, 1.54) is 6.92 Å². The van der Waals surface area contributed by atoms with Crippen molar-refractivity contribution in [2.75, 3.05) is 25.0 Å². The number of carboxylic acid groups (broad SMARTS) is 1. The molecule has 2 N–H and O–H groups in total. The van der Waals surface area contributed by atoms with Gasteiger partial charge in [0.05, 0.1) is 13.0 Å². The van der Waals surface area contributed by atoms with Crippen LogP contribution in [0.4, 0.5) is 0 Å². The van der Waals surface area contributed by atoms with Gasteiger partial charge in [0, 0.05) is 19.0 Å². The van der Waals surface area contributed by atoms with Crippen LogP contribution in [0.25, 0.3) is 0 Å². The maximum Gasteiger partial charge on any atom is 0.326 e. The first-order valence-electron chi connectivity index (χ1n) is 5.12. The van der Waals surface area contributed by atoms with E-state index < -0.39 is 25.7 Å². The van der Waals surface area contributed by atoms with Crippen molar-refractivity contribution in [2.24, 2.45) is 0 Å². The summed E-state index contributed by atoms with van der Waals surface area (Å²) in [6.07, 6.45) is 0.463. The van der Waals surface area contributed by atoms with E-state index in [0.29, 0.717) is 12.5 Å². The van der Waals surface area contributed by atoms with E-state index in [2.05, 4.69) is 5.32 Å². The van der Waals surface area contributed by atoms with Crippen LogP contribution < -0.4 is 5.32 Å². The van der Waals surface area contributed by atoms with Gasteiger partial charge in [0.25, 0.3) is 0 Å². The lowest BCUT2D eigenvalue weighted by Gasteiger charge is -2.12. The van der Waals surface area contributed by atoms with Crippen LogP contribution in [0.3, 0.4) is 0 Å². The van der Waals surface area contributed by atoms with Crippen LogP contribution in [0.15, 0.2) is 0 Å². The van der Waals surface area contributed by atoms with E-state index in [-0.39, 0.29) is 18.9 Å². The van der Waals surface area contributed by atoms with E-state index in [4.69, 9.17) is 21.4 Å².